The summed E-state index contributed by atoms with van der Waals surface area (Å²) in [6.45, 7) is 2.37. The fraction of sp³-hybridized carbons (Fsp3) is 0.333. The first kappa shape index (κ1) is 19.5. The molecule has 0 aliphatic carbocycles. The van der Waals surface area contributed by atoms with E-state index in [9.17, 15) is 14.7 Å². The van der Waals surface area contributed by atoms with Crippen LogP contribution < -0.4 is 4.90 Å². The predicted molar refractivity (Wildman–Crippen MR) is 117 cm³/mol. The molecule has 2 aliphatic rings. The summed E-state index contributed by atoms with van der Waals surface area (Å²) in [7, 11) is 0. The van der Waals surface area contributed by atoms with E-state index in [4.69, 9.17) is 4.98 Å². The van der Waals surface area contributed by atoms with Crippen LogP contribution in [0.4, 0.5) is 5.69 Å². The molecule has 5 rings (SSSR count). The molecule has 7 heteroatoms. The van der Waals surface area contributed by atoms with Gasteiger partial charge in [0.2, 0.25) is 0 Å². The highest BCUT2D eigenvalue weighted by Gasteiger charge is 2.34. The zero-order valence-electron chi connectivity index (χ0n) is 17.2. The molecule has 0 unspecified atom stereocenters. The van der Waals surface area contributed by atoms with E-state index in [1.54, 1.807) is 6.20 Å². The van der Waals surface area contributed by atoms with E-state index < -0.39 is 5.97 Å². The first-order chi connectivity index (χ1) is 15.1. The van der Waals surface area contributed by atoms with Gasteiger partial charge in [0.25, 0.3) is 5.91 Å². The molecule has 0 bridgehead atoms. The first-order valence-electron chi connectivity index (χ1n) is 10.7. The number of nitrogens with zero attached hydrogens (tertiary/aromatic N) is 4. The Bertz CT molecular complexity index is 1150. The number of carboxylic acids is 1. The molecule has 1 saturated heterocycles. The second-order valence-corrected chi connectivity index (χ2v) is 8.22. The number of aromatic nitrogens is 2. The molecule has 1 N–H and O–H groups in total. The van der Waals surface area contributed by atoms with Crippen LogP contribution in [0.1, 0.15) is 34.6 Å². The standard InChI is InChI=1S/C24H24N4O3/c29-23-22-20(25-11-7-21(22)27-12-8-17(9-13-27)24(30)31)15-28(23)14-10-18-6-5-16-3-1-2-4-19(16)26-18/h1-7,11,17H,8-10,12-15H2,(H,30,31). The lowest BCUT2D eigenvalue weighted by Gasteiger charge is -2.32. The van der Waals surface area contributed by atoms with E-state index in [1.165, 1.54) is 0 Å². The molecule has 2 aliphatic heterocycles. The first-order valence-corrected chi connectivity index (χ1v) is 10.7. The molecule has 1 fully saturated rings. The van der Waals surface area contributed by atoms with Crippen molar-refractivity contribution in [3.8, 4) is 0 Å². The predicted octanol–water partition coefficient (Wildman–Crippen LogP) is 3.13. The SMILES string of the molecule is O=C(O)C1CCN(c2ccnc3c2C(=O)N(CCc2ccc4ccccc4n2)C3)CC1. The second-order valence-electron chi connectivity index (χ2n) is 8.22. The molecule has 0 spiro atoms. The van der Waals surface area contributed by atoms with Crippen LogP contribution >= 0.6 is 0 Å². The van der Waals surface area contributed by atoms with Crippen LogP contribution in [0.5, 0.6) is 0 Å². The van der Waals surface area contributed by atoms with Crippen molar-refractivity contribution in [2.24, 2.45) is 5.92 Å². The average Bonchev–Trinajstić information content (AvgIpc) is 3.13. The number of piperidine rings is 1. The van der Waals surface area contributed by atoms with Gasteiger partial charge >= 0.3 is 5.97 Å². The molecule has 7 nitrogen and oxygen atoms in total. The molecule has 1 amide bonds. The van der Waals surface area contributed by atoms with E-state index in [-0.39, 0.29) is 11.8 Å². The average molecular weight is 416 g/mol. The lowest BCUT2D eigenvalue weighted by molar-refractivity contribution is -0.142. The number of hydrogen-bond donors (Lipinski definition) is 1. The third kappa shape index (κ3) is 3.71. The Kier molecular flexibility index (Phi) is 5.02. The van der Waals surface area contributed by atoms with Gasteiger partial charge in [-0.25, -0.2) is 0 Å². The summed E-state index contributed by atoms with van der Waals surface area (Å²) in [5.74, 6) is -1.03. The van der Waals surface area contributed by atoms with Gasteiger partial charge in [-0.2, -0.15) is 0 Å². The Morgan fingerprint density at radius 3 is 2.71 bits per heavy atom. The third-order valence-corrected chi connectivity index (χ3v) is 6.33. The number of fused-ring (bicyclic) bond motifs is 2. The Balaban J connectivity index is 1.30. The van der Waals surface area contributed by atoms with Gasteiger partial charge in [0.15, 0.2) is 0 Å². The number of rotatable bonds is 5. The van der Waals surface area contributed by atoms with Gasteiger partial charge in [-0.3, -0.25) is 19.6 Å². The minimum atomic E-state index is -0.732. The molecule has 0 atom stereocenters. The van der Waals surface area contributed by atoms with Gasteiger partial charge in [0.1, 0.15) is 0 Å². The summed E-state index contributed by atoms with van der Waals surface area (Å²) in [6, 6.07) is 14.0. The van der Waals surface area contributed by atoms with Crippen molar-refractivity contribution in [2.45, 2.75) is 25.8 Å². The number of hydrogen-bond acceptors (Lipinski definition) is 5. The van der Waals surface area contributed by atoms with E-state index >= 15 is 0 Å². The smallest absolute Gasteiger partial charge is 0.306 e. The molecule has 0 saturated carbocycles. The maximum absolute atomic E-state index is 13.2. The highest BCUT2D eigenvalue weighted by Crippen LogP contribution is 2.32. The Labute approximate surface area is 180 Å². The normalized spacial score (nSPS) is 16.7. The van der Waals surface area contributed by atoms with Crippen molar-refractivity contribution in [3.63, 3.8) is 0 Å². The largest absolute Gasteiger partial charge is 0.481 e. The molecule has 3 aromatic rings. The van der Waals surface area contributed by atoms with Crippen LogP contribution in [0.25, 0.3) is 10.9 Å². The maximum atomic E-state index is 13.2. The molecule has 4 heterocycles. The molecule has 31 heavy (non-hydrogen) atoms. The van der Waals surface area contributed by atoms with E-state index in [0.29, 0.717) is 51.0 Å². The van der Waals surface area contributed by atoms with E-state index in [2.05, 4.69) is 16.0 Å². The second kappa shape index (κ2) is 7.98. The van der Waals surface area contributed by atoms with Crippen LogP contribution in [0.3, 0.4) is 0 Å². The van der Waals surface area contributed by atoms with Crippen molar-refractivity contribution in [1.29, 1.82) is 0 Å². The number of para-hydroxylation sites is 1. The van der Waals surface area contributed by atoms with Crippen LogP contribution in [-0.4, -0.2) is 51.5 Å². The molecule has 2 aromatic heterocycles. The molecular weight excluding hydrogens is 392 g/mol. The number of amides is 1. The van der Waals surface area contributed by atoms with E-state index in [1.807, 2.05) is 41.3 Å². The summed E-state index contributed by atoms with van der Waals surface area (Å²) in [5.41, 5.74) is 4.28. The van der Waals surface area contributed by atoms with Gasteiger partial charge < -0.3 is 14.9 Å². The molecule has 158 valence electrons. The monoisotopic (exact) mass is 416 g/mol. The number of aliphatic carboxylic acids is 1. The summed E-state index contributed by atoms with van der Waals surface area (Å²) < 4.78 is 0. The minimum Gasteiger partial charge on any atom is -0.481 e. The van der Waals surface area contributed by atoms with Crippen molar-refractivity contribution < 1.29 is 14.7 Å². The Hall–Kier alpha value is -3.48. The number of carbonyl (C=O) groups excluding carboxylic acids is 1. The quantitative estimate of drug-likeness (QED) is 0.688. The van der Waals surface area contributed by atoms with Gasteiger partial charge in [0, 0.05) is 43.3 Å². The third-order valence-electron chi connectivity index (χ3n) is 6.33. The fourth-order valence-electron chi connectivity index (χ4n) is 4.57. The Morgan fingerprint density at radius 1 is 1.10 bits per heavy atom. The summed E-state index contributed by atoms with van der Waals surface area (Å²) >= 11 is 0. The van der Waals surface area contributed by atoms with Gasteiger partial charge in [0.05, 0.1) is 34.9 Å². The lowest BCUT2D eigenvalue weighted by atomic mass is 9.96. The van der Waals surface area contributed by atoms with Crippen molar-refractivity contribution >= 4 is 28.5 Å². The van der Waals surface area contributed by atoms with Crippen molar-refractivity contribution in [1.82, 2.24) is 14.9 Å². The lowest BCUT2D eigenvalue weighted by Crippen LogP contribution is -2.37. The number of benzene rings is 1. The van der Waals surface area contributed by atoms with Crippen LogP contribution in [0.2, 0.25) is 0 Å². The minimum absolute atomic E-state index is 0.000697. The summed E-state index contributed by atoms with van der Waals surface area (Å²) in [4.78, 5) is 37.6. The maximum Gasteiger partial charge on any atom is 0.306 e. The fourth-order valence-corrected chi connectivity index (χ4v) is 4.57. The number of anilines is 1. The van der Waals surface area contributed by atoms with Gasteiger partial charge in [-0.05, 0) is 31.0 Å². The van der Waals surface area contributed by atoms with Crippen LogP contribution in [-0.2, 0) is 17.8 Å². The Morgan fingerprint density at radius 2 is 1.90 bits per heavy atom. The topological polar surface area (TPSA) is 86.6 Å². The number of carboxylic acid groups (broad SMARTS) is 1. The van der Waals surface area contributed by atoms with Crippen molar-refractivity contribution in [3.05, 3.63) is 65.6 Å². The molecule has 0 radical (unpaired) electrons. The number of carbonyl (C=O) groups is 2. The highest BCUT2D eigenvalue weighted by molar-refractivity contribution is 6.03. The van der Waals surface area contributed by atoms with Crippen molar-refractivity contribution in [2.75, 3.05) is 24.5 Å². The van der Waals surface area contributed by atoms with Crippen LogP contribution in [0, 0.1) is 5.92 Å². The van der Waals surface area contributed by atoms with Gasteiger partial charge in [-0.15, -0.1) is 0 Å². The molecular formula is C24H24N4O3. The highest BCUT2D eigenvalue weighted by atomic mass is 16.4. The number of pyridine rings is 2. The van der Waals surface area contributed by atoms with Gasteiger partial charge in [-0.1, -0.05) is 24.3 Å². The zero-order valence-corrected chi connectivity index (χ0v) is 17.2. The zero-order chi connectivity index (χ0) is 21.4. The summed E-state index contributed by atoms with van der Waals surface area (Å²) in [6.07, 6.45) is 3.62. The van der Waals surface area contributed by atoms with Crippen LogP contribution in [0.15, 0.2) is 48.7 Å². The van der Waals surface area contributed by atoms with E-state index in [0.717, 1.165) is 28.0 Å². The molecule has 1 aromatic carbocycles. The summed E-state index contributed by atoms with van der Waals surface area (Å²) in [5, 5.41) is 10.4.